The molecule has 20 heavy (non-hydrogen) atoms. The second kappa shape index (κ2) is 6.51. The second-order valence-corrected chi connectivity index (χ2v) is 5.22. The Bertz CT molecular complexity index is 607. The van der Waals surface area contributed by atoms with E-state index in [2.05, 4.69) is 13.8 Å². The average Bonchev–Trinajstić information content (AvgIpc) is 2.47. The number of unbranched alkanes of at least 4 members (excludes halogenated alkanes) is 1. The van der Waals surface area contributed by atoms with Gasteiger partial charge in [-0.3, -0.25) is 9.78 Å². The molecular weight excluding hydrogens is 248 g/mol. The quantitative estimate of drug-likeness (QED) is 0.862. The number of rotatable bonds is 6. The minimum absolute atomic E-state index is 0.379. The van der Waals surface area contributed by atoms with Gasteiger partial charge in [0.25, 0.3) is 0 Å². The van der Waals surface area contributed by atoms with Crippen molar-refractivity contribution in [2.24, 2.45) is 5.73 Å². The molecule has 1 amide bonds. The van der Waals surface area contributed by atoms with E-state index in [0.717, 1.165) is 29.4 Å². The van der Waals surface area contributed by atoms with E-state index < -0.39 is 0 Å². The van der Waals surface area contributed by atoms with Crippen molar-refractivity contribution in [2.45, 2.75) is 45.4 Å². The van der Waals surface area contributed by atoms with E-state index in [1.54, 1.807) is 0 Å². The summed E-state index contributed by atoms with van der Waals surface area (Å²) < 4.78 is 0. The number of pyridine rings is 1. The van der Waals surface area contributed by atoms with Gasteiger partial charge in [-0.2, -0.15) is 0 Å². The van der Waals surface area contributed by atoms with Crippen LogP contribution in [-0.4, -0.2) is 10.9 Å². The molecule has 2 N–H and O–H groups in total. The van der Waals surface area contributed by atoms with Crippen molar-refractivity contribution in [1.29, 1.82) is 0 Å². The summed E-state index contributed by atoms with van der Waals surface area (Å²) in [4.78, 5) is 16.4. The standard InChI is InChI=1S/C17H22N2O/c1-3-5-8-12(4-2)16-11-14(17(18)20)13-9-6-7-10-15(13)19-16/h6-7,9-12H,3-5,8H2,1-2H3,(H2,18,20). The fourth-order valence-corrected chi connectivity index (χ4v) is 2.62. The molecular formula is C17H22N2O. The van der Waals surface area contributed by atoms with Gasteiger partial charge in [-0.25, -0.2) is 0 Å². The first kappa shape index (κ1) is 14.5. The Morgan fingerprint density at radius 1 is 1.30 bits per heavy atom. The van der Waals surface area contributed by atoms with Crippen molar-refractivity contribution in [3.63, 3.8) is 0 Å². The van der Waals surface area contributed by atoms with Gasteiger partial charge in [0, 0.05) is 17.0 Å². The fraction of sp³-hybridized carbons (Fsp3) is 0.412. The first-order chi connectivity index (χ1) is 9.67. The zero-order valence-corrected chi connectivity index (χ0v) is 12.2. The first-order valence-corrected chi connectivity index (χ1v) is 7.36. The Labute approximate surface area is 120 Å². The molecule has 106 valence electrons. The number of aromatic nitrogens is 1. The largest absolute Gasteiger partial charge is 0.366 e. The Morgan fingerprint density at radius 3 is 2.70 bits per heavy atom. The minimum atomic E-state index is -0.379. The van der Waals surface area contributed by atoms with Gasteiger partial charge in [0.2, 0.25) is 5.91 Å². The van der Waals surface area contributed by atoms with Crippen LogP contribution in [0.3, 0.4) is 0 Å². The van der Waals surface area contributed by atoms with Crippen LogP contribution in [0.15, 0.2) is 30.3 Å². The number of benzene rings is 1. The summed E-state index contributed by atoms with van der Waals surface area (Å²) in [5, 5.41) is 0.842. The van der Waals surface area contributed by atoms with Gasteiger partial charge in [-0.15, -0.1) is 0 Å². The maximum Gasteiger partial charge on any atom is 0.249 e. The highest BCUT2D eigenvalue weighted by atomic mass is 16.1. The molecule has 2 aromatic rings. The van der Waals surface area contributed by atoms with E-state index in [-0.39, 0.29) is 5.91 Å². The number of carbonyl (C=O) groups excluding carboxylic acids is 1. The smallest absolute Gasteiger partial charge is 0.249 e. The van der Waals surface area contributed by atoms with E-state index in [4.69, 9.17) is 10.7 Å². The summed E-state index contributed by atoms with van der Waals surface area (Å²) in [5.41, 5.74) is 7.96. The first-order valence-electron chi connectivity index (χ1n) is 7.36. The maximum absolute atomic E-state index is 11.7. The minimum Gasteiger partial charge on any atom is -0.366 e. The fourth-order valence-electron chi connectivity index (χ4n) is 2.62. The molecule has 0 spiro atoms. The molecule has 1 aromatic heterocycles. The number of hydrogen-bond donors (Lipinski definition) is 1. The number of primary amides is 1. The number of carbonyl (C=O) groups is 1. The number of nitrogens with zero attached hydrogens (tertiary/aromatic N) is 1. The zero-order chi connectivity index (χ0) is 14.5. The van der Waals surface area contributed by atoms with E-state index >= 15 is 0 Å². The lowest BCUT2D eigenvalue weighted by molar-refractivity contribution is 0.100. The van der Waals surface area contributed by atoms with Crippen LogP contribution in [0, 0.1) is 0 Å². The highest BCUT2D eigenvalue weighted by Crippen LogP contribution is 2.27. The third-order valence-corrected chi connectivity index (χ3v) is 3.82. The zero-order valence-electron chi connectivity index (χ0n) is 12.2. The lowest BCUT2D eigenvalue weighted by Crippen LogP contribution is -2.13. The van der Waals surface area contributed by atoms with Gasteiger partial charge < -0.3 is 5.73 Å². The van der Waals surface area contributed by atoms with Gasteiger partial charge in [0.1, 0.15) is 0 Å². The average molecular weight is 270 g/mol. The maximum atomic E-state index is 11.7. The van der Waals surface area contributed by atoms with Crippen molar-refractivity contribution in [3.05, 3.63) is 41.6 Å². The number of fused-ring (bicyclic) bond motifs is 1. The lowest BCUT2D eigenvalue weighted by atomic mass is 9.93. The Hall–Kier alpha value is -1.90. The van der Waals surface area contributed by atoms with Crippen molar-refractivity contribution in [1.82, 2.24) is 4.98 Å². The van der Waals surface area contributed by atoms with E-state index in [9.17, 15) is 4.79 Å². The Morgan fingerprint density at radius 2 is 2.05 bits per heavy atom. The summed E-state index contributed by atoms with van der Waals surface area (Å²) in [6, 6.07) is 9.58. The van der Waals surface area contributed by atoms with Crippen LogP contribution < -0.4 is 5.73 Å². The van der Waals surface area contributed by atoms with Crippen molar-refractivity contribution >= 4 is 16.8 Å². The molecule has 1 unspecified atom stereocenters. The third-order valence-electron chi connectivity index (χ3n) is 3.82. The molecule has 0 bridgehead atoms. The molecule has 0 saturated carbocycles. The molecule has 3 heteroatoms. The van der Waals surface area contributed by atoms with E-state index in [0.29, 0.717) is 11.5 Å². The van der Waals surface area contributed by atoms with Gasteiger partial charge in [-0.1, -0.05) is 44.9 Å². The van der Waals surface area contributed by atoms with Crippen LogP contribution in [-0.2, 0) is 0 Å². The molecule has 1 aromatic carbocycles. The van der Waals surface area contributed by atoms with Crippen LogP contribution in [0.25, 0.3) is 10.9 Å². The SMILES string of the molecule is CCCCC(CC)c1cc(C(N)=O)c2ccccc2n1. The number of hydrogen-bond acceptors (Lipinski definition) is 2. The van der Waals surface area contributed by atoms with Crippen LogP contribution in [0.2, 0.25) is 0 Å². The highest BCUT2D eigenvalue weighted by molar-refractivity contribution is 6.05. The molecule has 3 nitrogen and oxygen atoms in total. The molecule has 2 rings (SSSR count). The normalized spacial score (nSPS) is 12.5. The summed E-state index contributed by atoms with van der Waals surface area (Å²) in [6.45, 7) is 4.36. The summed E-state index contributed by atoms with van der Waals surface area (Å²) >= 11 is 0. The number of nitrogens with two attached hydrogens (primary N) is 1. The van der Waals surface area contributed by atoms with Crippen LogP contribution in [0.5, 0.6) is 0 Å². The predicted octanol–water partition coefficient (Wildman–Crippen LogP) is 4.02. The molecule has 0 fully saturated rings. The summed E-state index contributed by atoms with van der Waals surface area (Å²) in [5.74, 6) is 0.0212. The van der Waals surface area contributed by atoms with Crippen LogP contribution in [0.1, 0.15) is 61.5 Å². The van der Waals surface area contributed by atoms with Crippen molar-refractivity contribution in [3.8, 4) is 0 Å². The Kier molecular flexibility index (Phi) is 4.72. The number of amides is 1. The third kappa shape index (κ3) is 2.98. The molecule has 1 heterocycles. The van der Waals surface area contributed by atoms with Crippen molar-refractivity contribution in [2.75, 3.05) is 0 Å². The van der Waals surface area contributed by atoms with Gasteiger partial charge in [0.05, 0.1) is 11.1 Å². The molecule has 0 saturated heterocycles. The monoisotopic (exact) mass is 270 g/mol. The summed E-state index contributed by atoms with van der Waals surface area (Å²) in [7, 11) is 0. The summed E-state index contributed by atoms with van der Waals surface area (Å²) in [6.07, 6.45) is 4.49. The van der Waals surface area contributed by atoms with Gasteiger partial charge in [-0.05, 0) is 25.0 Å². The lowest BCUT2D eigenvalue weighted by Gasteiger charge is -2.16. The molecule has 0 aliphatic rings. The number of para-hydroxylation sites is 1. The predicted molar refractivity (Wildman–Crippen MR) is 82.8 cm³/mol. The highest BCUT2D eigenvalue weighted by Gasteiger charge is 2.15. The Balaban J connectivity index is 2.51. The second-order valence-electron chi connectivity index (χ2n) is 5.22. The van der Waals surface area contributed by atoms with Crippen molar-refractivity contribution < 1.29 is 4.79 Å². The van der Waals surface area contributed by atoms with Crippen LogP contribution in [0.4, 0.5) is 0 Å². The van der Waals surface area contributed by atoms with Crippen LogP contribution >= 0.6 is 0 Å². The molecule has 0 aliphatic heterocycles. The molecule has 0 radical (unpaired) electrons. The molecule has 1 atom stereocenters. The topological polar surface area (TPSA) is 56.0 Å². The van der Waals surface area contributed by atoms with E-state index in [1.807, 2.05) is 30.3 Å². The van der Waals surface area contributed by atoms with Gasteiger partial charge in [0.15, 0.2) is 0 Å². The van der Waals surface area contributed by atoms with E-state index in [1.165, 1.54) is 12.8 Å². The molecule has 0 aliphatic carbocycles. The van der Waals surface area contributed by atoms with Gasteiger partial charge >= 0.3 is 0 Å².